The maximum absolute atomic E-state index is 13.4. The Labute approximate surface area is 203 Å². The van der Waals surface area contributed by atoms with Crippen LogP contribution in [0.25, 0.3) is 0 Å². The first-order chi connectivity index (χ1) is 15.4. The summed E-state index contributed by atoms with van der Waals surface area (Å²) in [5, 5.41) is 2.87. The quantitative estimate of drug-likeness (QED) is 0.497. The van der Waals surface area contributed by atoms with Gasteiger partial charge in [0, 0.05) is 17.1 Å². The molecule has 0 aliphatic carbocycles. The van der Waals surface area contributed by atoms with Crippen molar-refractivity contribution in [1.82, 2.24) is 10.2 Å². The number of rotatable bonds is 10. The summed E-state index contributed by atoms with van der Waals surface area (Å²) in [5.74, 6) is -1.41. The Bertz CT molecular complexity index is 1060. The van der Waals surface area contributed by atoms with Crippen LogP contribution in [0.1, 0.15) is 32.8 Å². The molecule has 0 saturated heterocycles. The van der Waals surface area contributed by atoms with Gasteiger partial charge in [-0.25, -0.2) is 12.8 Å². The summed E-state index contributed by atoms with van der Waals surface area (Å²) in [7, 11) is -3.85. The summed E-state index contributed by atoms with van der Waals surface area (Å²) in [6.45, 7) is 5.00. The van der Waals surface area contributed by atoms with Crippen molar-refractivity contribution in [3.8, 4) is 0 Å². The lowest BCUT2D eigenvalue weighted by atomic mass is 10.1. The van der Waals surface area contributed by atoms with E-state index in [4.69, 9.17) is 0 Å². The van der Waals surface area contributed by atoms with Crippen LogP contribution in [-0.2, 0) is 26.2 Å². The number of hydrogen-bond acceptors (Lipinski definition) is 4. The minimum absolute atomic E-state index is 0.0729. The SMILES string of the molecule is CCC(C)NC(=O)C(C)N(Cc1ccc(Br)cc1)C(=O)CN(c1ccc(F)cc1)S(C)(=O)=O. The molecule has 7 nitrogen and oxygen atoms in total. The van der Waals surface area contributed by atoms with Crippen LogP contribution in [0.2, 0.25) is 0 Å². The molecule has 2 rings (SSSR count). The van der Waals surface area contributed by atoms with Crippen molar-refractivity contribution >= 4 is 43.5 Å². The first kappa shape index (κ1) is 26.8. The zero-order valence-corrected chi connectivity index (χ0v) is 21.5. The van der Waals surface area contributed by atoms with Crippen molar-refractivity contribution in [2.24, 2.45) is 0 Å². The first-order valence-corrected chi connectivity index (χ1v) is 13.1. The highest BCUT2D eigenvalue weighted by Gasteiger charge is 2.30. The number of benzene rings is 2. The van der Waals surface area contributed by atoms with Gasteiger partial charge in [0.2, 0.25) is 21.8 Å². The van der Waals surface area contributed by atoms with E-state index in [0.29, 0.717) is 0 Å². The van der Waals surface area contributed by atoms with Crippen LogP contribution < -0.4 is 9.62 Å². The molecule has 2 atom stereocenters. The lowest BCUT2D eigenvalue weighted by Gasteiger charge is -2.32. The van der Waals surface area contributed by atoms with Gasteiger partial charge in [-0.15, -0.1) is 0 Å². The Kier molecular flexibility index (Phi) is 9.42. The number of carbonyl (C=O) groups excluding carboxylic acids is 2. The summed E-state index contributed by atoms with van der Waals surface area (Å²) in [6.07, 6.45) is 1.70. The molecule has 2 unspecified atom stereocenters. The fourth-order valence-electron chi connectivity index (χ4n) is 3.06. The zero-order chi connectivity index (χ0) is 24.8. The van der Waals surface area contributed by atoms with Gasteiger partial charge in [0.15, 0.2) is 0 Å². The summed E-state index contributed by atoms with van der Waals surface area (Å²) in [5.41, 5.74) is 0.940. The van der Waals surface area contributed by atoms with Gasteiger partial charge in [-0.05, 0) is 62.2 Å². The van der Waals surface area contributed by atoms with E-state index in [0.717, 1.165) is 39.2 Å². The van der Waals surface area contributed by atoms with E-state index in [1.54, 1.807) is 6.92 Å². The number of hydrogen-bond donors (Lipinski definition) is 1. The molecule has 2 amide bonds. The highest BCUT2D eigenvalue weighted by molar-refractivity contribution is 9.10. The lowest BCUT2D eigenvalue weighted by molar-refractivity contribution is -0.139. The minimum atomic E-state index is -3.85. The second-order valence-corrected chi connectivity index (χ2v) is 10.7. The van der Waals surface area contributed by atoms with E-state index in [1.807, 2.05) is 38.1 Å². The fraction of sp³-hybridized carbons (Fsp3) is 0.391. The number of sulfonamides is 1. The third-order valence-corrected chi connectivity index (χ3v) is 6.90. The van der Waals surface area contributed by atoms with Crippen molar-refractivity contribution < 1.29 is 22.4 Å². The Morgan fingerprint density at radius 2 is 1.64 bits per heavy atom. The normalized spacial score (nSPS) is 13.2. The molecule has 0 aromatic heterocycles. The van der Waals surface area contributed by atoms with E-state index in [2.05, 4.69) is 21.2 Å². The number of anilines is 1. The topological polar surface area (TPSA) is 86.8 Å². The standard InChI is InChI=1S/C23H29BrFN3O4S/c1-5-16(2)26-23(30)17(3)27(14-18-6-8-19(24)9-7-18)22(29)15-28(33(4,31)32)21-12-10-20(25)11-13-21/h6-13,16-17H,5,14-15H2,1-4H3,(H,26,30). The number of nitrogens with zero attached hydrogens (tertiary/aromatic N) is 2. The average Bonchev–Trinajstić information content (AvgIpc) is 2.76. The fourth-order valence-corrected chi connectivity index (χ4v) is 4.17. The molecule has 10 heteroatoms. The molecule has 180 valence electrons. The summed E-state index contributed by atoms with van der Waals surface area (Å²) in [4.78, 5) is 27.5. The van der Waals surface area contributed by atoms with Gasteiger partial charge in [0.05, 0.1) is 11.9 Å². The van der Waals surface area contributed by atoms with Gasteiger partial charge >= 0.3 is 0 Å². The van der Waals surface area contributed by atoms with Gasteiger partial charge in [0.25, 0.3) is 0 Å². The van der Waals surface area contributed by atoms with Crippen molar-refractivity contribution in [3.05, 3.63) is 64.4 Å². The summed E-state index contributed by atoms with van der Waals surface area (Å²) >= 11 is 3.37. The van der Waals surface area contributed by atoms with E-state index in [1.165, 1.54) is 17.0 Å². The third kappa shape index (κ3) is 7.82. The predicted octanol–water partition coefficient (Wildman–Crippen LogP) is 3.69. The molecule has 2 aromatic carbocycles. The molecule has 0 spiro atoms. The highest BCUT2D eigenvalue weighted by Crippen LogP contribution is 2.20. The number of carbonyl (C=O) groups is 2. The van der Waals surface area contributed by atoms with E-state index >= 15 is 0 Å². The van der Waals surface area contributed by atoms with Gasteiger partial charge in [-0.2, -0.15) is 0 Å². The van der Waals surface area contributed by atoms with Crippen LogP contribution in [0.5, 0.6) is 0 Å². The first-order valence-electron chi connectivity index (χ1n) is 10.5. The Morgan fingerprint density at radius 3 is 2.15 bits per heavy atom. The van der Waals surface area contributed by atoms with Crippen molar-refractivity contribution in [3.63, 3.8) is 0 Å². The second-order valence-electron chi connectivity index (χ2n) is 7.89. The predicted molar refractivity (Wildman–Crippen MR) is 131 cm³/mol. The second kappa shape index (κ2) is 11.6. The van der Waals surface area contributed by atoms with Crippen molar-refractivity contribution in [1.29, 1.82) is 0 Å². The Balaban J connectivity index is 2.36. The van der Waals surface area contributed by atoms with Gasteiger partial charge in [-0.1, -0.05) is 35.0 Å². The van der Waals surface area contributed by atoms with Crippen LogP contribution in [0, 0.1) is 5.82 Å². The largest absolute Gasteiger partial charge is 0.352 e. The van der Waals surface area contributed by atoms with Crippen LogP contribution >= 0.6 is 15.9 Å². The average molecular weight is 542 g/mol. The molecule has 0 heterocycles. The molecule has 33 heavy (non-hydrogen) atoms. The molecule has 0 aliphatic rings. The molecular weight excluding hydrogens is 513 g/mol. The van der Waals surface area contributed by atoms with Crippen LogP contribution in [0.15, 0.2) is 53.0 Å². The summed E-state index contributed by atoms with van der Waals surface area (Å²) < 4.78 is 40.0. The lowest BCUT2D eigenvalue weighted by Crippen LogP contribution is -2.52. The smallest absolute Gasteiger partial charge is 0.244 e. The van der Waals surface area contributed by atoms with E-state index in [9.17, 15) is 22.4 Å². The molecular formula is C23H29BrFN3O4S. The van der Waals surface area contributed by atoms with Gasteiger partial charge < -0.3 is 10.2 Å². The van der Waals surface area contributed by atoms with E-state index < -0.39 is 34.3 Å². The Morgan fingerprint density at radius 1 is 1.06 bits per heavy atom. The number of halogens is 2. The van der Waals surface area contributed by atoms with Crippen molar-refractivity contribution in [2.45, 2.75) is 45.8 Å². The monoisotopic (exact) mass is 541 g/mol. The maximum Gasteiger partial charge on any atom is 0.244 e. The van der Waals surface area contributed by atoms with Crippen LogP contribution in [-0.4, -0.2) is 50.0 Å². The third-order valence-electron chi connectivity index (χ3n) is 5.23. The maximum atomic E-state index is 13.4. The minimum Gasteiger partial charge on any atom is -0.352 e. The molecule has 0 fully saturated rings. The highest BCUT2D eigenvalue weighted by atomic mass is 79.9. The summed E-state index contributed by atoms with van der Waals surface area (Å²) in [6, 6.07) is 11.2. The molecule has 0 radical (unpaired) electrons. The van der Waals surface area contributed by atoms with Crippen LogP contribution in [0.3, 0.4) is 0 Å². The Hall–Kier alpha value is -2.46. The number of amides is 2. The van der Waals surface area contributed by atoms with Gasteiger partial charge in [-0.3, -0.25) is 13.9 Å². The van der Waals surface area contributed by atoms with Crippen LogP contribution in [0.4, 0.5) is 10.1 Å². The molecule has 0 aliphatic heterocycles. The number of nitrogens with one attached hydrogen (secondary N) is 1. The molecule has 0 saturated carbocycles. The molecule has 2 aromatic rings. The molecule has 1 N–H and O–H groups in total. The molecule has 0 bridgehead atoms. The van der Waals surface area contributed by atoms with Crippen molar-refractivity contribution in [2.75, 3.05) is 17.1 Å². The van der Waals surface area contributed by atoms with Gasteiger partial charge in [0.1, 0.15) is 18.4 Å². The van der Waals surface area contributed by atoms with E-state index in [-0.39, 0.29) is 24.2 Å². The zero-order valence-electron chi connectivity index (χ0n) is 19.1.